The number of hydrogen-bond acceptors (Lipinski definition) is 5. The fraction of sp³-hybridized carbons (Fsp3) is 0.368. The first-order valence-electron chi connectivity index (χ1n) is 8.91. The van der Waals surface area contributed by atoms with Crippen molar-refractivity contribution < 1.29 is 9.59 Å². The molecular formula is C19H23N5O3. The molecule has 0 radical (unpaired) electrons. The number of aromatic nitrogens is 2. The van der Waals surface area contributed by atoms with Crippen molar-refractivity contribution in [1.82, 2.24) is 19.8 Å². The van der Waals surface area contributed by atoms with E-state index in [1.54, 1.807) is 30.1 Å². The molecule has 2 amide bonds. The molecule has 3 heterocycles. The number of carbonyl (C=O) groups is 2. The van der Waals surface area contributed by atoms with Gasteiger partial charge in [-0.05, 0) is 37.0 Å². The summed E-state index contributed by atoms with van der Waals surface area (Å²) in [4.78, 5) is 42.0. The Morgan fingerprint density at radius 3 is 2.63 bits per heavy atom. The van der Waals surface area contributed by atoms with Gasteiger partial charge in [-0.2, -0.15) is 0 Å². The molecule has 3 rings (SSSR count). The van der Waals surface area contributed by atoms with Gasteiger partial charge in [-0.15, -0.1) is 0 Å². The van der Waals surface area contributed by atoms with Crippen LogP contribution in [-0.2, 0) is 7.05 Å². The third-order valence-corrected chi connectivity index (χ3v) is 4.79. The second-order valence-electron chi connectivity index (χ2n) is 6.76. The maximum Gasteiger partial charge on any atom is 0.272 e. The second kappa shape index (κ2) is 8.03. The van der Waals surface area contributed by atoms with Crippen molar-refractivity contribution in [2.45, 2.75) is 12.8 Å². The molecule has 0 saturated carbocycles. The van der Waals surface area contributed by atoms with Crippen LogP contribution >= 0.6 is 0 Å². The van der Waals surface area contributed by atoms with Crippen LogP contribution in [0, 0.1) is 5.92 Å². The summed E-state index contributed by atoms with van der Waals surface area (Å²) in [5, 5.41) is 2.91. The number of likely N-dealkylation sites (tertiary alicyclic amines) is 1. The Kier molecular flexibility index (Phi) is 5.54. The zero-order valence-electron chi connectivity index (χ0n) is 15.2. The number of nitrogens with zero attached hydrogens (tertiary/aromatic N) is 3. The summed E-state index contributed by atoms with van der Waals surface area (Å²) in [6, 6.07) is 7.94. The van der Waals surface area contributed by atoms with Gasteiger partial charge in [-0.3, -0.25) is 14.4 Å². The predicted molar refractivity (Wildman–Crippen MR) is 101 cm³/mol. The van der Waals surface area contributed by atoms with Crippen molar-refractivity contribution >= 4 is 17.6 Å². The van der Waals surface area contributed by atoms with Crippen LogP contribution < -0.4 is 16.6 Å². The number of piperidine rings is 1. The van der Waals surface area contributed by atoms with Crippen molar-refractivity contribution in [2.75, 3.05) is 25.4 Å². The summed E-state index contributed by atoms with van der Waals surface area (Å²) in [5.74, 6) is 0.319. The van der Waals surface area contributed by atoms with E-state index in [9.17, 15) is 14.4 Å². The number of pyridine rings is 2. The quantitative estimate of drug-likeness (QED) is 0.822. The van der Waals surface area contributed by atoms with Gasteiger partial charge in [0.05, 0.1) is 5.56 Å². The fourth-order valence-corrected chi connectivity index (χ4v) is 3.14. The smallest absolute Gasteiger partial charge is 0.272 e. The molecule has 8 heteroatoms. The Balaban J connectivity index is 1.49. The van der Waals surface area contributed by atoms with Gasteiger partial charge in [-0.1, -0.05) is 6.07 Å². The number of rotatable bonds is 4. The molecule has 0 aromatic carbocycles. The van der Waals surface area contributed by atoms with Gasteiger partial charge in [0.2, 0.25) is 5.56 Å². The largest absolute Gasteiger partial charge is 0.384 e. The molecule has 142 valence electrons. The molecule has 0 bridgehead atoms. The molecule has 0 atom stereocenters. The summed E-state index contributed by atoms with van der Waals surface area (Å²) >= 11 is 0. The van der Waals surface area contributed by atoms with Gasteiger partial charge < -0.3 is 20.5 Å². The normalized spacial score (nSPS) is 14.8. The van der Waals surface area contributed by atoms with Crippen LogP contribution in [0.4, 0.5) is 5.82 Å². The van der Waals surface area contributed by atoms with Gasteiger partial charge in [0, 0.05) is 38.9 Å². The molecule has 0 aliphatic carbocycles. The van der Waals surface area contributed by atoms with Crippen molar-refractivity contribution in [3.8, 4) is 0 Å². The Morgan fingerprint density at radius 1 is 1.22 bits per heavy atom. The maximum absolute atomic E-state index is 12.5. The molecule has 1 aliphatic heterocycles. The SMILES string of the molecule is Cn1cc(C(=O)NCC2CCN(C(=O)c3cccc(N)n3)CC2)ccc1=O. The van der Waals surface area contributed by atoms with Gasteiger partial charge in [0.1, 0.15) is 11.5 Å². The second-order valence-corrected chi connectivity index (χ2v) is 6.76. The number of carbonyl (C=O) groups excluding carboxylic acids is 2. The standard InChI is InChI=1S/C19H23N5O3/c1-23-12-14(5-6-17(23)25)18(26)21-11-13-7-9-24(10-8-13)19(27)15-3-2-4-16(20)22-15/h2-6,12-13H,7-11H2,1H3,(H2,20,22)(H,21,26). The third-order valence-electron chi connectivity index (χ3n) is 4.79. The van der Waals surface area contributed by atoms with Crippen LogP contribution in [0.1, 0.15) is 33.7 Å². The molecule has 3 N–H and O–H groups in total. The van der Waals surface area contributed by atoms with E-state index in [2.05, 4.69) is 10.3 Å². The average Bonchev–Trinajstić information content (AvgIpc) is 2.68. The van der Waals surface area contributed by atoms with Gasteiger partial charge >= 0.3 is 0 Å². The summed E-state index contributed by atoms with van der Waals surface area (Å²) in [6.07, 6.45) is 3.14. The third kappa shape index (κ3) is 4.52. The van der Waals surface area contributed by atoms with Crippen LogP contribution in [0.5, 0.6) is 0 Å². The van der Waals surface area contributed by atoms with Crippen LogP contribution in [-0.4, -0.2) is 45.9 Å². The van der Waals surface area contributed by atoms with Crippen LogP contribution in [0.15, 0.2) is 41.3 Å². The lowest BCUT2D eigenvalue weighted by Crippen LogP contribution is -2.42. The van der Waals surface area contributed by atoms with E-state index >= 15 is 0 Å². The van der Waals surface area contributed by atoms with Gasteiger partial charge in [-0.25, -0.2) is 4.98 Å². The van der Waals surface area contributed by atoms with E-state index in [1.807, 2.05) is 0 Å². The van der Waals surface area contributed by atoms with Crippen molar-refractivity contribution in [2.24, 2.45) is 13.0 Å². The van der Waals surface area contributed by atoms with Crippen LogP contribution in [0.2, 0.25) is 0 Å². The van der Waals surface area contributed by atoms with Crippen LogP contribution in [0.3, 0.4) is 0 Å². The number of anilines is 1. The number of aryl methyl sites for hydroxylation is 1. The Bertz CT molecular complexity index is 900. The molecule has 1 fully saturated rings. The first kappa shape index (κ1) is 18.6. The fourth-order valence-electron chi connectivity index (χ4n) is 3.14. The first-order chi connectivity index (χ1) is 12.9. The van der Waals surface area contributed by atoms with E-state index in [-0.39, 0.29) is 17.4 Å². The summed E-state index contributed by atoms with van der Waals surface area (Å²) in [7, 11) is 1.61. The molecule has 0 spiro atoms. The molecular weight excluding hydrogens is 346 g/mol. The summed E-state index contributed by atoms with van der Waals surface area (Å²) < 4.78 is 1.38. The molecule has 0 unspecified atom stereocenters. The number of hydrogen-bond donors (Lipinski definition) is 2. The van der Waals surface area contributed by atoms with Crippen LogP contribution in [0.25, 0.3) is 0 Å². The topological polar surface area (TPSA) is 110 Å². The molecule has 2 aromatic heterocycles. The molecule has 8 nitrogen and oxygen atoms in total. The Morgan fingerprint density at radius 2 is 1.96 bits per heavy atom. The van der Waals surface area contributed by atoms with Crippen molar-refractivity contribution in [3.05, 3.63) is 58.1 Å². The highest BCUT2D eigenvalue weighted by Crippen LogP contribution is 2.18. The number of nitrogens with two attached hydrogens (primary N) is 1. The summed E-state index contributed by atoms with van der Waals surface area (Å²) in [6.45, 7) is 1.78. The molecule has 27 heavy (non-hydrogen) atoms. The molecule has 1 saturated heterocycles. The minimum Gasteiger partial charge on any atom is -0.384 e. The minimum atomic E-state index is -0.201. The maximum atomic E-state index is 12.5. The van der Waals surface area contributed by atoms with E-state index in [1.165, 1.54) is 22.9 Å². The molecule has 2 aromatic rings. The lowest BCUT2D eigenvalue weighted by molar-refractivity contribution is 0.0678. The lowest BCUT2D eigenvalue weighted by atomic mass is 9.96. The van der Waals surface area contributed by atoms with E-state index in [4.69, 9.17) is 5.73 Å². The predicted octanol–water partition coefficient (Wildman–Crippen LogP) is 0.645. The minimum absolute atomic E-state index is 0.116. The van der Waals surface area contributed by atoms with E-state index < -0.39 is 0 Å². The number of amides is 2. The van der Waals surface area contributed by atoms with E-state index in [0.29, 0.717) is 42.6 Å². The Labute approximate surface area is 157 Å². The zero-order chi connectivity index (χ0) is 19.4. The Hall–Kier alpha value is -3.16. The van der Waals surface area contributed by atoms with Gasteiger partial charge in [0.15, 0.2) is 0 Å². The average molecular weight is 369 g/mol. The van der Waals surface area contributed by atoms with Gasteiger partial charge in [0.25, 0.3) is 11.8 Å². The zero-order valence-corrected chi connectivity index (χ0v) is 15.2. The lowest BCUT2D eigenvalue weighted by Gasteiger charge is -2.32. The number of nitrogen functional groups attached to an aromatic ring is 1. The monoisotopic (exact) mass is 369 g/mol. The van der Waals surface area contributed by atoms with Crippen molar-refractivity contribution in [1.29, 1.82) is 0 Å². The number of nitrogens with one attached hydrogen (secondary N) is 1. The molecule has 1 aliphatic rings. The highest BCUT2D eigenvalue weighted by Gasteiger charge is 2.24. The van der Waals surface area contributed by atoms with Crippen molar-refractivity contribution in [3.63, 3.8) is 0 Å². The first-order valence-corrected chi connectivity index (χ1v) is 8.91. The highest BCUT2D eigenvalue weighted by molar-refractivity contribution is 5.94. The summed E-state index contributed by atoms with van der Waals surface area (Å²) in [5.41, 5.74) is 6.30. The van der Waals surface area contributed by atoms with E-state index in [0.717, 1.165) is 12.8 Å². The highest BCUT2D eigenvalue weighted by atomic mass is 16.2.